The van der Waals surface area contributed by atoms with Crippen molar-refractivity contribution in [1.29, 1.82) is 0 Å². The van der Waals surface area contributed by atoms with E-state index in [0.29, 0.717) is 0 Å². The number of fused-ring (bicyclic) bond motifs is 1. The first-order valence-electron chi connectivity index (χ1n) is 12.8. The predicted octanol–water partition coefficient (Wildman–Crippen LogP) is 7.98. The third kappa shape index (κ3) is 4.51. The molecule has 4 nitrogen and oxygen atoms in total. The number of hydrogen-bond donors (Lipinski definition) is 0. The minimum atomic E-state index is -0.353. The van der Waals surface area contributed by atoms with E-state index < -0.39 is 0 Å². The first-order chi connectivity index (χ1) is 17.9. The highest BCUT2D eigenvalue weighted by Gasteiger charge is 2.18. The molecule has 0 N–H and O–H groups in total. The van der Waals surface area contributed by atoms with Crippen LogP contribution >= 0.6 is 0 Å². The molecule has 0 amide bonds. The Hall–Kier alpha value is -4.31. The second-order valence-electron chi connectivity index (χ2n) is 10.1. The van der Waals surface area contributed by atoms with Gasteiger partial charge in [0.2, 0.25) is 0 Å². The number of non-ortho nitro benzene ring substituents is 1. The summed E-state index contributed by atoms with van der Waals surface area (Å²) in [5.41, 5.74) is 12.7. The Morgan fingerprint density at radius 2 is 1.35 bits per heavy atom. The molecule has 0 spiro atoms. The lowest BCUT2D eigenvalue weighted by Crippen LogP contribution is -2.02. The lowest BCUT2D eigenvalue weighted by atomic mass is 9.89. The lowest BCUT2D eigenvalue weighted by molar-refractivity contribution is -0.384. The Bertz CT molecular complexity index is 1650. The quantitative estimate of drug-likeness (QED) is 0.193. The van der Waals surface area contributed by atoms with Crippen molar-refractivity contribution in [3.63, 3.8) is 0 Å². The van der Waals surface area contributed by atoms with E-state index in [4.69, 9.17) is 4.98 Å². The molecule has 4 aliphatic rings. The van der Waals surface area contributed by atoms with Gasteiger partial charge in [-0.3, -0.25) is 10.1 Å². The van der Waals surface area contributed by atoms with Gasteiger partial charge >= 0.3 is 0 Å². The number of nitro benzene ring substituents is 1. The fraction of sp³-hybridized carbons (Fsp3) is 0.182. The molecule has 0 radical (unpaired) electrons. The van der Waals surface area contributed by atoms with Gasteiger partial charge in [0.25, 0.3) is 5.69 Å². The number of aryl methyl sites for hydroxylation is 6. The van der Waals surface area contributed by atoms with Crippen molar-refractivity contribution in [3.8, 4) is 22.4 Å². The van der Waals surface area contributed by atoms with Crippen LogP contribution in [0.3, 0.4) is 0 Å². The summed E-state index contributed by atoms with van der Waals surface area (Å²) in [6, 6.07) is 29.3. The maximum Gasteiger partial charge on any atom is 0.269 e. The first-order valence-corrected chi connectivity index (χ1v) is 12.8. The van der Waals surface area contributed by atoms with Gasteiger partial charge in [0.1, 0.15) is 0 Å². The third-order valence-electron chi connectivity index (χ3n) is 7.51. The molecule has 0 fully saturated rings. The van der Waals surface area contributed by atoms with E-state index in [2.05, 4.69) is 74.5 Å². The Kier molecular flexibility index (Phi) is 5.80. The van der Waals surface area contributed by atoms with Crippen LogP contribution in [0.1, 0.15) is 33.4 Å². The number of nitrogens with zero attached hydrogens (tertiary/aromatic N) is 2. The van der Waals surface area contributed by atoms with Gasteiger partial charge in [-0.2, -0.15) is 0 Å². The number of rotatable bonds is 3. The molecule has 1 heterocycles. The Labute approximate surface area is 216 Å². The number of nitro groups is 1. The fourth-order valence-corrected chi connectivity index (χ4v) is 5.48. The van der Waals surface area contributed by atoms with E-state index in [9.17, 15) is 10.1 Å². The van der Waals surface area contributed by atoms with Gasteiger partial charge in [0.05, 0.1) is 16.1 Å². The largest absolute Gasteiger partial charge is 0.269 e. The maximum absolute atomic E-state index is 11.3. The van der Waals surface area contributed by atoms with Crippen molar-refractivity contribution >= 4 is 16.6 Å². The van der Waals surface area contributed by atoms with Crippen LogP contribution in [0.2, 0.25) is 0 Å². The van der Waals surface area contributed by atoms with Gasteiger partial charge in [-0.05, 0) is 109 Å². The minimum Gasteiger partial charge on any atom is -0.258 e. The summed E-state index contributed by atoms with van der Waals surface area (Å²) < 4.78 is 0. The molecule has 4 bridgehead atoms. The zero-order chi connectivity index (χ0) is 25.5. The van der Waals surface area contributed by atoms with Gasteiger partial charge in [-0.1, -0.05) is 42.5 Å². The summed E-state index contributed by atoms with van der Waals surface area (Å²) in [5.74, 6) is 0. The van der Waals surface area contributed by atoms with Crippen molar-refractivity contribution in [2.45, 2.75) is 39.5 Å². The molecule has 0 aliphatic heterocycles. The molecular formula is C33H28N2O2. The zero-order valence-electron chi connectivity index (χ0n) is 21.1. The average molecular weight is 485 g/mol. The molecule has 4 aromatic carbocycles. The maximum atomic E-state index is 11.3. The molecule has 0 atom stereocenters. The van der Waals surface area contributed by atoms with E-state index in [-0.39, 0.29) is 10.6 Å². The molecule has 9 rings (SSSR count). The van der Waals surface area contributed by atoms with Crippen LogP contribution in [-0.4, -0.2) is 9.91 Å². The molecule has 0 saturated carbocycles. The van der Waals surface area contributed by atoms with Gasteiger partial charge in [-0.15, -0.1) is 0 Å². The summed E-state index contributed by atoms with van der Waals surface area (Å²) in [6.07, 6.45) is 3.84. The fourth-order valence-electron chi connectivity index (χ4n) is 5.48. The van der Waals surface area contributed by atoms with Crippen LogP contribution in [0, 0.1) is 24.0 Å². The van der Waals surface area contributed by atoms with Crippen molar-refractivity contribution < 1.29 is 4.92 Å². The Balaban J connectivity index is 1.58. The molecule has 1 aromatic heterocycles. The van der Waals surface area contributed by atoms with Gasteiger partial charge in [-0.25, -0.2) is 4.98 Å². The lowest BCUT2D eigenvalue weighted by Gasteiger charge is -2.18. The molecule has 0 unspecified atom stereocenters. The molecular weight excluding hydrogens is 456 g/mol. The number of aromatic nitrogens is 1. The molecule has 37 heavy (non-hydrogen) atoms. The number of hydrogen-bond acceptors (Lipinski definition) is 3. The molecule has 4 aliphatic carbocycles. The number of pyridine rings is 1. The van der Waals surface area contributed by atoms with E-state index in [1.807, 2.05) is 12.1 Å². The molecule has 182 valence electrons. The second kappa shape index (κ2) is 9.29. The minimum absolute atomic E-state index is 0.0914. The van der Waals surface area contributed by atoms with Crippen LogP contribution < -0.4 is 0 Å². The van der Waals surface area contributed by atoms with Crippen molar-refractivity contribution in [3.05, 3.63) is 128 Å². The molecule has 4 heteroatoms. The van der Waals surface area contributed by atoms with E-state index in [0.717, 1.165) is 59.0 Å². The summed E-state index contributed by atoms with van der Waals surface area (Å²) in [5, 5.41) is 12.4. The number of benzene rings is 4. The molecule has 0 saturated heterocycles. The van der Waals surface area contributed by atoms with Gasteiger partial charge in [0, 0.05) is 28.6 Å². The van der Waals surface area contributed by atoms with Crippen molar-refractivity contribution in [2.24, 2.45) is 0 Å². The van der Waals surface area contributed by atoms with Crippen molar-refractivity contribution in [2.75, 3.05) is 0 Å². The highest BCUT2D eigenvalue weighted by molar-refractivity contribution is 5.94. The summed E-state index contributed by atoms with van der Waals surface area (Å²) in [4.78, 5) is 16.2. The SMILES string of the molecule is Cc1cc(C)c2cc(-c3ccc([N+](=O)[O-])cc3)c(-c3cc4ccc3CCc3ccc(cc3)CC4)nc2c1. The summed E-state index contributed by atoms with van der Waals surface area (Å²) in [7, 11) is 0. The third-order valence-corrected chi connectivity index (χ3v) is 7.51. The highest BCUT2D eigenvalue weighted by Crippen LogP contribution is 2.38. The monoisotopic (exact) mass is 484 g/mol. The van der Waals surface area contributed by atoms with E-state index in [1.165, 1.54) is 33.4 Å². The standard InChI is InChI=1S/C33H28N2O2/c1-21-17-22(2)29-20-31(27-13-15-28(16-14-27)35(36)37)33(34-32(29)18-21)30-19-25-8-7-23-3-5-24(6-4-23)9-11-26(30)12-10-25/h3-6,10,12-20H,7-9,11H2,1-2H3. The highest BCUT2D eigenvalue weighted by atomic mass is 16.6. The van der Waals surface area contributed by atoms with Gasteiger partial charge in [0.15, 0.2) is 0 Å². The topological polar surface area (TPSA) is 56.0 Å². The van der Waals surface area contributed by atoms with Crippen LogP contribution in [0.15, 0.2) is 84.9 Å². The zero-order valence-corrected chi connectivity index (χ0v) is 21.1. The first kappa shape index (κ1) is 23.1. The second-order valence-corrected chi connectivity index (χ2v) is 10.1. The average Bonchev–Trinajstić information content (AvgIpc) is 2.89. The smallest absolute Gasteiger partial charge is 0.258 e. The van der Waals surface area contributed by atoms with Crippen LogP contribution in [0.4, 0.5) is 5.69 Å². The normalized spacial score (nSPS) is 12.9. The summed E-state index contributed by atoms with van der Waals surface area (Å²) in [6.45, 7) is 4.22. The van der Waals surface area contributed by atoms with Crippen LogP contribution in [0.5, 0.6) is 0 Å². The Morgan fingerprint density at radius 3 is 2.05 bits per heavy atom. The summed E-state index contributed by atoms with van der Waals surface area (Å²) >= 11 is 0. The molecule has 5 aromatic rings. The van der Waals surface area contributed by atoms with E-state index in [1.54, 1.807) is 12.1 Å². The van der Waals surface area contributed by atoms with E-state index >= 15 is 0 Å². The Morgan fingerprint density at radius 1 is 0.703 bits per heavy atom. The van der Waals surface area contributed by atoms with Gasteiger partial charge < -0.3 is 0 Å². The predicted molar refractivity (Wildman–Crippen MR) is 150 cm³/mol. The van der Waals surface area contributed by atoms with Crippen LogP contribution in [-0.2, 0) is 25.7 Å². The van der Waals surface area contributed by atoms with Crippen LogP contribution in [0.25, 0.3) is 33.3 Å². The van der Waals surface area contributed by atoms with Crippen molar-refractivity contribution in [1.82, 2.24) is 4.98 Å².